The molecule has 4 atom stereocenters. The number of nitrogens with one attached hydrogen (secondary N) is 1. The van der Waals surface area contributed by atoms with Crippen LogP contribution in [0.3, 0.4) is 0 Å². The fourth-order valence-corrected chi connectivity index (χ4v) is 5.90. The van der Waals surface area contributed by atoms with E-state index in [4.69, 9.17) is 14.2 Å². The Labute approximate surface area is 224 Å². The van der Waals surface area contributed by atoms with Crippen molar-refractivity contribution in [1.82, 2.24) is 9.55 Å². The highest BCUT2D eigenvalue weighted by atomic mass is 16.6. The third-order valence-corrected chi connectivity index (χ3v) is 7.43. The first-order chi connectivity index (χ1) is 18.9. The number of benzene rings is 3. The van der Waals surface area contributed by atoms with E-state index in [1.165, 1.54) is 16.8 Å². The number of rotatable bonds is 8. The summed E-state index contributed by atoms with van der Waals surface area (Å²) < 4.78 is 19.3. The van der Waals surface area contributed by atoms with Crippen molar-refractivity contribution in [3.63, 3.8) is 0 Å². The van der Waals surface area contributed by atoms with E-state index in [1.807, 2.05) is 66.7 Å². The van der Waals surface area contributed by atoms with Crippen LogP contribution in [0.15, 0.2) is 101 Å². The monoisotopic (exact) mass is 530 g/mol. The predicted molar refractivity (Wildman–Crippen MR) is 144 cm³/mol. The van der Waals surface area contributed by atoms with Gasteiger partial charge in [-0.25, -0.2) is 4.79 Å². The maximum absolute atomic E-state index is 13.6. The molecule has 5 rings (SSSR count). The van der Waals surface area contributed by atoms with Crippen LogP contribution >= 0.6 is 0 Å². The van der Waals surface area contributed by atoms with Crippen LogP contribution in [0.2, 0.25) is 0 Å². The molecular weight excluding hydrogens is 500 g/mol. The highest BCUT2D eigenvalue weighted by Crippen LogP contribution is 2.58. The van der Waals surface area contributed by atoms with Gasteiger partial charge in [0.1, 0.15) is 17.6 Å². The minimum Gasteiger partial charge on any atom is -0.497 e. The molecule has 1 unspecified atom stereocenters. The number of aromatic amines is 1. The van der Waals surface area contributed by atoms with Gasteiger partial charge in [0.25, 0.3) is 5.56 Å². The minimum absolute atomic E-state index is 0.0236. The van der Waals surface area contributed by atoms with Gasteiger partial charge in [0.15, 0.2) is 5.72 Å². The topological polar surface area (TPSA) is 123 Å². The van der Waals surface area contributed by atoms with Crippen molar-refractivity contribution in [1.29, 1.82) is 0 Å². The lowest BCUT2D eigenvalue weighted by Crippen LogP contribution is -2.63. The summed E-state index contributed by atoms with van der Waals surface area (Å²) in [7, 11) is 3.10. The van der Waals surface area contributed by atoms with Crippen LogP contribution in [0.4, 0.5) is 0 Å². The molecule has 9 heteroatoms. The molecule has 0 amide bonds. The summed E-state index contributed by atoms with van der Waals surface area (Å²) in [6.45, 7) is -0.397. The van der Waals surface area contributed by atoms with Crippen LogP contribution in [-0.2, 0) is 15.9 Å². The van der Waals surface area contributed by atoms with E-state index in [-0.39, 0.29) is 6.42 Å². The van der Waals surface area contributed by atoms with Gasteiger partial charge < -0.3 is 24.4 Å². The molecule has 202 valence electrons. The van der Waals surface area contributed by atoms with Crippen LogP contribution in [0, 0.1) is 0 Å². The number of aliphatic hydroxyl groups is 2. The van der Waals surface area contributed by atoms with E-state index >= 15 is 0 Å². The first-order valence-corrected chi connectivity index (χ1v) is 12.5. The highest BCUT2D eigenvalue weighted by molar-refractivity contribution is 5.59. The SMILES string of the molecule is COc1cccc(C(c2ccccc2)(c2ccccc2OC)[C@@]2(n3ccc(=O)[nH]c3=O)O[C@H](CO)C[C@H]2O)c1. The Hall–Kier alpha value is -4.18. The standard InChI is InChI=1S/C30H30N2O7/c1-37-22-12-8-11-21(17-22)29(20-9-4-3-5-10-20,24-13-6-7-14-25(24)38-2)30(26(34)18-23(19-33)39-30)32-16-15-27(35)31-28(32)36/h3-17,23,26,33-34H,18-19H2,1-2H3,(H,31,35,36)/t23-,26+,29?,30-/m0/s1. The molecule has 1 fully saturated rings. The van der Waals surface area contributed by atoms with Crippen LogP contribution in [0.25, 0.3) is 0 Å². The van der Waals surface area contributed by atoms with Crippen molar-refractivity contribution in [3.8, 4) is 11.5 Å². The average molecular weight is 531 g/mol. The molecule has 0 aliphatic carbocycles. The van der Waals surface area contributed by atoms with Gasteiger partial charge in [-0.15, -0.1) is 0 Å². The molecule has 1 aliphatic rings. The van der Waals surface area contributed by atoms with Gasteiger partial charge in [-0.3, -0.25) is 14.3 Å². The van der Waals surface area contributed by atoms with E-state index in [2.05, 4.69) is 4.98 Å². The number of hydrogen-bond acceptors (Lipinski definition) is 7. The summed E-state index contributed by atoms with van der Waals surface area (Å²) in [4.78, 5) is 28.1. The molecule has 9 nitrogen and oxygen atoms in total. The Morgan fingerprint density at radius 3 is 2.36 bits per heavy atom. The molecule has 3 aromatic carbocycles. The van der Waals surface area contributed by atoms with E-state index in [0.717, 1.165) is 0 Å². The molecule has 1 saturated heterocycles. The summed E-state index contributed by atoms with van der Waals surface area (Å²) in [6.07, 6.45) is -0.801. The lowest BCUT2D eigenvalue weighted by Gasteiger charge is -2.51. The lowest BCUT2D eigenvalue weighted by molar-refractivity contribution is -0.180. The number of para-hydroxylation sites is 1. The Balaban J connectivity index is 2.06. The molecule has 3 N–H and O–H groups in total. The number of H-pyrrole nitrogens is 1. The summed E-state index contributed by atoms with van der Waals surface area (Å²) in [6, 6.07) is 25.1. The number of aliphatic hydroxyl groups excluding tert-OH is 2. The fourth-order valence-electron chi connectivity index (χ4n) is 5.90. The second-order valence-electron chi connectivity index (χ2n) is 9.40. The largest absolute Gasteiger partial charge is 0.497 e. The Morgan fingerprint density at radius 1 is 0.974 bits per heavy atom. The number of hydrogen-bond donors (Lipinski definition) is 3. The molecule has 39 heavy (non-hydrogen) atoms. The number of methoxy groups -OCH3 is 2. The van der Waals surface area contributed by atoms with Gasteiger partial charge in [0.2, 0.25) is 0 Å². The number of nitrogens with zero attached hydrogens (tertiary/aromatic N) is 1. The molecule has 2 heterocycles. The third kappa shape index (κ3) is 4.06. The van der Waals surface area contributed by atoms with Crippen LogP contribution in [0.1, 0.15) is 23.1 Å². The maximum Gasteiger partial charge on any atom is 0.330 e. The molecule has 0 bridgehead atoms. The zero-order valence-electron chi connectivity index (χ0n) is 21.6. The molecule has 1 aromatic heterocycles. The lowest BCUT2D eigenvalue weighted by atomic mass is 9.60. The number of ether oxygens (including phenoxy) is 3. The smallest absolute Gasteiger partial charge is 0.330 e. The molecule has 0 saturated carbocycles. The molecule has 4 aromatic rings. The summed E-state index contributed by atoms with van der Waals surface area (Å²) in [5, 5.41) is 22.2. The first kappa shape index (κ1) is 26.4. The molecule has 0 radical (unpaired) electrons. The summed E-state index contributed by atoms with van der Waals surface area (Å²) in [5.74, 6) is 1.02. The Morgan fingerprint density at radius 2 is 1.69 bits per heavy atom. The van der Waals surface area contributed by atoms with Gasteiger partial charge >= 0.3 is 5.69 Å². The van der Waals surface area contributed by atoms with Gasteiger partial charge in [-0.05, 0) is 29.3 Å². The van der Waals surface area contributed by atoms with Crippen LogP contribution < -0.4 is 20.7 Å². The quantitative estimate of drug-likeness (QED) is 0.299. The normalized spacial score (nSPS) is 22.3. The third-order valence-electron chi connectivity index (χ3n) is 7.43. The second kappa shape index (κ2) is 10.5. The summed E-state index contributed by atoms with van der Waals surface area (Å²) in [5.41, 5.74) is -2.88. The van der Waals surface area contributed by atoms with Crippen molar-refractivity contribution < 1.29 is 24.4 Å². The van der Waals surface area contributed by atoms with Gasteiger partial charge in [-0.1, -0.05) is 60.7 Å². The zero-order chi connectivity index (χ0) is 27.6. The maximum atomic E-state index is 13.6. The van der Waals surface area contributed by atoms with Crippen molar-refractivity contribution in [2.75, 3.05) is 20.8 Å². The predicted octanol–water partition coefficient (Wildman–Crippen LogP) is 2.38. The van der Waals surface area contributed by atoms with Gasteiger partial charge in [-0.2, -0.15) is 0 Å². The fraction of sp³-hybridized carbons (Fsp3) is 0.267. The van der Waals surface area contributed by atoms with E-state index in [9.17, 15) is 19.8 Å². The van der Waals surface area contributed by atoms with Crippen LogP contribution in [-0.4, -0.2) is 52.8 Å². The van der Waals surface area contributed by atoms with Gasteiger partial charge in [0.05, 0.1) is 32.3 Å². The molecule has 0 spiro atoms. The first-order valence-electron chi connectivity index (χ1n) is 12.5. The Kier molecular flexibility index (Phi) is 7.14. The van der Waals surface area contributed by atoms with E-state index in [0.29, 0.717) is 28.2 Å². The van der Waals surface area contributed by atoms with E-state index < -0.39 is 41.2 Å². The van der Waals surface area contributed by atoms with Crippen molar-refractivity contribution >= 4 is 0 Å². The minimum atomic E-state index is -1.90. The van der Waals surface area contributed by atoms with Gasteiger partial charge in [0, 0.05) is 24.2 Å². The molecular formula is C30H30N2O7. The zero-order valence-corrected chi connectivity index (χ0v) is 21.6. The van der Waals surface area contributed by atoms with E-state index in [1.54, 1.807) is 26.4 Å². The Bertz CT molecular complexity index is 1570. The van der Waals surface area contributed by atoms with Crippen molar-refractivity contribution in [2.24, 2.45) is 0 Å². The van der Waals surface area contributed by atoms with Crippen molar-refractivity contribution in [3.05, 3.63) is 129 Å². The van der Waals surface area contributed by atoms with Crippen LogP contribution in [0.5, 0.6) is 11.5 Å². The highest BCUT2D eigenvalue weighted by Gasteiger charge is 2.66. The average Bonchev–Trinajstić information content (AvgIpc) is 3.31. The molecule has 1 aliphatic heterocycles. The van der Waals surface area contributed by atoms with Crippen molar-refractivity contribution in [2.45, 2.75) is 29.8 Å². The summed E-state index contributed by atoms with van der Waals surface area (Å²) >= 11 is 0. The second-order valence-corrected chi connectivity index (χ2v) is 9.40. The number of aromatic nitrogens is 2.